The van der Waals surface area contributed by atoms with Crippen molar-refractivity contribution in [3.63, 3.8) is 0 Å². The number of alkyl halides is 3. The molecule has 0 saturated carbocycles. The molecule has 1 atom stereocenters. The van der Waals surface area contributed by atoms with E-state index in [1.165, 1.54) is 41.6 Å². The summed E-state index contributed by atoms with van der Waals surface area (Å²) in [7, 11) is 0. The number of nitrogens with zero attached hydrogens (tertiary/aromatic N) is 4. The van der Waals surface area contributed by atoms with Gasteiger partial charge in [-0.1, -0.05) is 32.0 Å². The van der Waals surface area contributed by atoms with E-state index in [1.54, 1.807) is 13.8 Å². The van der Waals surface area contributed by atoms with Gasteiger partial charge in [0.1, 0.15) is 23.0 Å². The molecule has 0 aliphatic carbocycles. The second kappa shape index (κ2) is 11.7. The molecular weight excluding hydrogens is 589 g/mol. The van der Waals surface area contributed by atoms with Gasteiger partial charge in [-0.25, -0.2) is 18.6 Å². The predicted octanol–water partition coefficient (Wildman–Crippen LogP) is 6.99. The second-order valence-electron chi connectivity index (χ2n) is 10.7. The molecule has 1 aliphatic rings. The molecule has 44 heavy (non-hydrogen) atoms. The molecular formula is C30H28F5N5O4. The summed E-state index contributed by atoms with van der Waals surface area (Å²) in [6, 6.07) is 8.24. The molecule has 1 unspecified atom stereocenters. The van der Waals surface area contributed by atoms with E-state index in [9.17, 15) is 31.9 Å². The molecule has 9 nitrogen and oxygen atoms in total. The van der Waals surface area contributed by atoms with Crippen molar-refractivity contribution in [2.75, 3.05) is 6.61 Å². The van der Waals surface area contributed by atoms with E-state index in [1.807, 2.05) is 6.92 Å². The molecule has 0 spiro atoms. The van der Waals surface area contributed by atoms with Crippen LogP contribution in [0.5, 0.6) is 5.75 Å². The van der Waals surface area contributed by atoms with E-state index in [2.05, 4.69) is 20.2 Å². The van der Waals surface area contributed by atoms with Gasteiger partial charge in [0.25, 0.3) is 0 Å². The fraction of sp³-hybridized carbons (Fsp3) is 0.333. The van der Waals surface area contributed by atoms with Crippen LogP contribution < -0.4 is 4.74 Å². The Hall–Kier alpha value is -4.75. The van der Waals surface area contributed by atoms with Gasteiger partial charge in [-0.2, -0.15) is 18.3 Å². The van der Waals surface area contributed by atoms with Crippen LogP contribution in [0.4, 0.5) is 22.0 Å². The van der Waals surface area contributed by atoms with E-state index in [0.717, 1.165) is 12.1 Å². The predicted molar refractivity (Wildman–Crippen MR) is 149 cm³/mol. The highest BCUT2D eigenvalue weighted by molar-refractivity contribution is 5.84. The summed E-state index contributed by atoms with van der Waals surface area (Å²) in [6.45, 7) is 5.42. The maximum atomic E-state index is 14.5. The molecule has 2 N–H and O–H groups in total. The van der Waals surface area contributed by atoms with Crippen LogP contribution in [0.15, 0.2) is 52.1 Å². The number of imidazole rings is 1. The number of carbonyl (C=O) groups is 1. The number of hydrogen-bond donors (Lipinski definition) is 2. The molecule has 0 fully saturated rings. The minimum Gasteiger partial charge on any atom is -0.494 e. The topological polar surface area (TPSA) is 117 Å². The van der Waals surface area contributed by atoms with Crippen molar-refractivity contribution < 1.29 is 41.1 Å². The number of fused-ring (bicyclic) bond motifs is 1. The number of aliphatic carboxylic acids is 1. The van der Waals surface area contributed by atoms with Crippen molar-refractivity contribution in [3.8, 4) is 28.4 Å². The van der Waals surface area contributed by atoms with Gasteiger partial charge in [0.05, 0.1) is 36.2 Å². The highest BCUT2D eigenvalue weighted by atomic mass is 19.4. The third-order valence-corrected chi connectivity index (χ3v) is 7.11. The van der Waals surface area contributed by atoms with Gasteiger partial charge in [0.2, 0.25) is 5.54 Å². The summed E-state index contributed by atoms with van der Waals surface area (Å²) >= 11 is 0. The third-order valence-electron chi connectivity index (χ3n) is 7.11. The Morgan fingerprint density at radius 3 is 2.61 bits per heavy atom. The number of ether oxygens (including phenoxy) is 1. The van der Waals surface area contributed by atoms with Crippen molar-refractivity contribution in [1.29, 1.82) is 0 Å². The first kappa shape index (κ1) is 30.7. The van der Waals surface area contributed by atoms with E-state index >= 15 is 0 Å². The van der Waals surface area contributed by atoms with E-state index in [0.29, 0.717) is 12.1 Å². The van der Waals surface area contributed by atoms with Gasteiger partial charge in [0.15, 0.2) is 17.4 Å². The molecule has 2 aromatic heterocycles. The Bertz CT molecular complexity index is 1710. The van der Waals surface area contributed by atoms with Crippen LogP contribution in [0.2, 0.25) is 0 Å². The Kier molecular flexibility index (Phi) is 8.19. The van der Waals surface area contributed by atoms with Crippen LogP contribution in [0, 0.1) is 17.6 Å². The minimum atomic E-state index is -4.77. The first-order chi connectivity index (χ1) is 20.8. The van der Waals surface area contributed by atoms with Gasteiger partial charge >= 0.3 is 12.1 Å². The summed E-state index contributed by atoms with van der Waals surface area (Å²) < 4.78 is 81.4. The molecule has 4 aromatic rings. The maximum absolute atomic E-state index is 14.5. The number of hydrazone groups is 1. The third kappa shape index (κ3) is 5.63. The lowest BCUT2D eigenvalue weighted by atomic mass is 9.84. The lowest BCUT2D eigenvalue weighted by Gasteiger charge is -2.38. The smallest absolute Gasteiger partial charge is 0.417 e. The Labute approximate surface area is 248 Å². The Balaban J connectivity index is 1.55. The number of carboxylic acid groups (broad SMARTS) is 1. The van der Waals surface area contributed by atoms with E-state index < -0.39 is 34.9 Å². The van der Waals surface area contributed by atoms with Crippen LogP contribution in [0.25, 0.3) is 22.6 Å². The number of carboxylic acids is 1. The lowest BCUT2D eigenvalue weighted by molar-refractivity contribution is -0.157. The van der Waals surface area contributed by atoms with Crippen LogP contribution in [-0.4, -0.2) is 44.0 Å². The standard InChI is InChI=1S/C30H28F5N5O4/c1-4-10-43-17-8-9-18(20(11-17)30(33,34)35)22-12-25(44-39-22)29(28(41)42,13-16(2)3)40-15-24-23(14-36-40)37-27(38-24)19-6-5-7-21(31)26(19)32/h5-9,11-12,14,16H,4,10,13,15H2,1-3H3,(H,37,38)(H,41,42). The molecule has 0 saturated heterocycles. The molecule has 232 valence electrons. The summed E-state index contributed by atoms with van der Waals surface area (Å²) in [4.78, 5) is 20.3. The van der Waals surface area contributed by atoms with Crippen molar-refractivity contribution >= 4 is 12.2 Å². The molecule has 0 bridgehead atoms. The van der Waals surface area contributed by atoms with Crippen molar-refractivity contribution in [3.05, 3.63) is 76.8 Å². The normalized spacial score (nSPS) is 14.5. The molecule has 14 heteroatoms. The van der Waals surface area contributed by atoms with Gasteiger partial charge < -0.3 is 19.4 Å². The molecule has 1 aliphatic heterocycles. The number of benzene rings is 2. The number of rotatable bonds is 10. The fourth-order valence-electron chi connectivity index (χ4n) is 5.13. The van der Waals surface area contributed by atoms with Crippen LogP contribution in [0.1, 0.15) is 56.3 Å². The highest BCUT2D eigenvalue weighted by Crippen LogP contribution is 2.43. The Morgan fingerprint density at radius 1 is 1.16 bits per heavy atom. The quantitative estimate of drug-likeness (QED) is 0.184. The van der Waals surface area contributed by atoms with Gasteiger partial charge in [-0.05, 0) is 49.1 Å². The van der Waals surface area contributed by atoms with Gasteiger partial charge in [-0.15, -0.1) is 0 Å². The zero-order valence-corrected chi connectivity index (χ0v) is 23.9. The monoisotopic (exact) mass is 617 g/mol. The van der Waals surface area contributed by atoms with E-state index in [4.69, 9.17) is 9.26 Å². The molecule has 0 radical (unpaired) electrons. The molecule has 2 aromatic carbocycles. The zero-order valence-electron chi connectivity index (χ0n) is 23.9. The summed E-state index contributed by atoms with van der Waals surface area (Å²) in [5, 5.41) is 20.0. The first-order valence-electron chi connectivity index (χ1n) is 13.7. The number of aromatic nitrogens is 3. The summed E-state index contributed by atoms with van der Waals surface area (Å²) in [5.41, 5.74) is -3.07. The summed E-state index contributed by atoms with van der Waals surface area (Å²) in [6.07, 6.45) is -2.97. The number of halogens is 5. The second-order valence-corrected chi connectivity index (χ2v) is 10.7. The molecule has 3 heterocycles. The number of H-pyrrole nitrogens is 1. The average Bonchev–Trinajstić information content (AvgIpc) is 3.63. The van der Waals surface area contributed by atoms with Crippen molar-refractivity contribution in [2.24, 2.45) is 11.0 Å². The number of aromatic amines is 1. The maximum Gasteiger partial charge on any atom is 0.417 e. The summed E-state index contributed by atoms with van der Waals surface area (Å²) in [5.74, 6) is -4.01. The SMILES string of the molecule is CCCOc1ccc(-c2cc(C(CC(C)C)(C(=O)O)N3Cc4[nH]c(-c5cccc(F)c5F)nc4C=N3)on2)c(C(F)(F)F)c1. The van der Waals surface area contributed by atoms with Crippen molar-refractivity contribution in [2.45, 2.75) is 51.9 Å². The minimum absolute atomic E-state index is 0.0121. The van der Waals surface area contributed by atoms with Crippen molar-refractivity contribution in [1.82, 2.24) is 20.1 Å². The van der Waals surface area contributed by atoms with Gasteiger partial charge in [-0.3, -0.25) is 5.01 Å². The van der Waals surface area contributed by atoms with Gasteiger partial charge in [0, 0.05) is 11.6 Å². The Morgan fingerprint density at radius 2 is 1.93 bits per heavy atom. The lowest BCUT2D eigenvalue weighted by Crippen LogP contribution is -2.51. The zero-order chi connectivity index (χ0) is 31.8. The first-order valence-corrected chi connectivity index (χ1v) is 13.7. The largest absolute Gasteiger partial charge is 0.494 e. The van der Waals surface area contributed by atoms with E-state index in [-0.39, 0.29) is 65.3 Å². The van der Waals surface area contributed by atoms with Crippen LogP contribution >= 0.6 is 0 Å². The number of nitrogens with one attached hydrogen (secondary N) is 1. The number of hydrogen-bond acceptors (Lipinski definition) is 7. The molecule has 0 amide bonds. The van der Waals surface area contributed by atoms with Crippen LogP contribution in [-0.2, 0) is 23.1 Å². The fourth-order valence-corrected chi connectivity index (χ4v) is 5.13. The van der Waals surface area contributed by atoms with Crippen LogP contribution in [0.3, 0.4) is 0 Å². The molecule has 5 rings (SSSR count). The highest BCUT2D eigenvalue weighted by Gasteiger charge is 2.51. The average molecular weight is 618 g/mol.